The lowest BCUT2D eigenvalue weighted by Gasteiger charge is -2.04. The predicted octanol–water partition coefficient (Wildman–Crippen LogP) is 2.98. The van der Waals surface area contributed by atoms with E-state index < -0.39 is 5.97 Å². The van der Waals surface area contributed by atoms with Gasteiger partial charge in [0.1, 0.15) is 12.4 Å². The number of nitrogens with zero attached hydrogens (tertiary/aromatic N) is 1. The number of pyridine rings is 1. The van der Waals surface area contributed by atoms with E-state index in [1.807, 2.05) is 6.07 Å². The van der Waals surface area contributed by atoms with Crippen LogP contribution in [0.1, 0.15) is 27.0 Å². The van der Waals surface area contributed by atoms with Crippen LogP contribution in [-0.4, -0.2) is 16.1 Å². The Bertz CT molecular complexity index is 551. The standard InChI is InChI=1S/C13H13NO3S/c1-2-11-3-4-12(18-11)8-17-10-5-9(13(15)16)6-14-7-10/h3-7H,2,8H2,1H3,(H,15,16). The van der Waals surface area contributed by atoms with Crippen LogP contribution in [0.5, 0.6) is 5.75 Å². The molecule has 0 aliphatic rings. The molecule has 0 fully saturated rings. The van der Waals surface area contributed by atoms with Crippen LogP contribution in [-0.2, 0) is 13.0 Å². The Hall–Kier alpha value is -1.88. The van der Waals surface area contributed by atoms with E-state index in [-0.39, 0.29) is 5.56 Å². The Kier molecular flexibility index (Phi) is 3.94. The number of hydrogen-bond acceptors (Lipinski definition) is 4. The molecule has 2 heterocycles. The maximum absolute atomic E-state index is 10.8. The Morgan fingerprint density at radius 2 is 2.17 bits per heavy atom. The van der Waals surface area contributed by atoms with Crippen LogP contribution in [0.15, 0.2) is 30.6 Å². The van der Waals surface area contributed by atoms with Crippen molar-refractivity contribution in [1.29, 1.82) is 0 Å². The molecule has 0 amide bonds. The summed E-state index contributed by atoms with van der Waals surface area (Å²) in [4.78, 5) is 17.0. The van der Waals surface area contributed by atoms with Gasteiger partial charge in [-0.25, -0.2) is 4.79 Å². The van der Waals surface area contributed by atoms with Crippen molar-refractivity contribution in [1.82, 2.24) is 4.98 Å². The van der Waals surface area contributed by atoms with Gasteiger partial charge >= 0.3 is 5.97 Å². The average Bonchev–Trinajstić information content (AvgIpc) is 2.84. The molecule has 0 aromatic carbocycles. The average molecular weight is 263 g/mol. The molecular weight excluding hydrogens is 250 g/mol. The summed E-state index contributed by atoms with van der Waals surface area (Å²) in [6.45, 7) is 2.55. The van der Waals surface area contributed by atoms with Crippen LogP contribution >= 0.6 is 11.3 Å². The van der Waals surface area contributed by atoms with E-state index in [1.165, 1.54) is 23.3 Å². The summed E-state index contributed by atoms with van der Waals surface area (Å²) in [5, 5.41) is 8.84. The largest absolute Gasteiger partial charge is 0.486 e. The van der Waals surface area contributed by atoms with Gasteiger partial charge < -0.3 is 9.84 Å². The van der Waals surface area contributed by atoms with Crippen LogP contribution in [0.25, 0.3) is 0 Å². The number of aryl methyl sites for hydroxylation is 1. The minimum absolute atomic E-state index is 0.132. The number of ether oxygens (including phenoxy) is 1. The Morgan fingerprint density at radius 3 is 2.83 bits per heavy atom. The fraction of sp³-hybridized carbons (Fsp3) is 0.231. The first-order chi connectivity index (χ1) is 8.69. The number of rotatable bonds is 5. The molecule has 2 rings (SSSR count). The maximum atomic E-state index is 10.8. The van der Waals surface area contributed by atoms with Gasteiger partial charge in [0, 0.05) is 16.0 Å². The van der Waals surface area contributed by atoms with Gasteiger partial charge in [0.2, 0.25) is 0 Å². The zero-order valence-corrected chi connectivity index (χ0v) is 10.7. The van der Waals surface area contributed by atoms with Crippen molar-refractivity contribution >= 4 is 17.3 Å². The molecule has 94 valence electrons. The summed E-state index contributed by atoms with van der Waals surface area (Å²) in [6, 6.07) is 5.58. The molecule has 5 heteroatoms. The van der Waals surface area contributed by atoms with Gasteiger partial charge in [0.15, 0.2) is 0 Å². The summed E-state index contributed by atoms with van der Waals surface area (Å²) >= 11 is 1.70. The van der Waals surface area contributed by atoms with Crippen molar-refractivity contribution in [3.8, 4) is 5.75 Å². The lowest BCUT2D eigenvalue weighted by atomic mass is 10.3. The first-order valence-corrected chi connectivity index (χ1v) is 6.39. The molecule has 0 radical (unpaired) electrons. The van der Waals surface area contributed by atoms with Crippen molar-refractivity contribution in [2.45, 2.75) is 20.0 Å². The smallest absolute Gasteiger partial charge is 0.337 e. The molecule has 2 aromatic heterocycles. The van der Waals surface area contributed by atoms with Crippen molar-refractivity contribution < 1.29 is 14.6 Å². The second-order valence-corrected chi connectivity index (χ2v) is 4.98. The number of carboxylic acids is 1. The third kappa shape index (κ3) is 3.07. The molecule has 4 nitrogen and oxygen atoms in total. The van der Waals surface area contributed by atoms with E-state index in [9.17, 15) is 4.79 Å². The molecule has 2 aromatic rings. The molecular formula is C13H13NO3S. The topological polar surface area (TPSA) is 59.4 Å². The van der Waals surface area contributed by atoms with Crippen LogP contribution < -0.4 is 4.74 Å². The number of aromatic carboxylic acids is 1. The van der Waals surface area contributed by atoms with E-state index in [4.69, 9.17) is 9.84 Å². The van der Waals surface area contributed by atoms with Gasteiger partial charge in [-0.05, 0) is 24.6 Å². The van der Waals surface area contributed by atoms with Gasteiger partial charge in [-0.15, -0.1) is 11.3 Å². The zero-order chi connectivity index (χ0) is 13.0. The third-order valence-electron chi connectivity index (χ3n) is 2.41. The van der Waals surface area contributed by atoms with Crippen LogP contribution in [0.4, 0.5) is 0 Å². The van der Waals surface area contributed by atoms with E-state index in [2.05, 4.69) is 18.0 Å². The minimum atomic E-state index is -1.00. The van der Waals surface area contributed by atoms with Gasteiger partial charge in [-0.1, -0.05) is 6.92 Å². The minimum Gasteiger partial charge on any atom is -0.486 e. The van der Waals surface area contributed by atoms with Gasteiger partial charge in [-0.3, -0.25) is 4.98 Å². The Balaban J connectivity index is 2.01. The van der Waals surface area contributed by atoms with Crippen molar-refractivity contribution in [2.75, 3.05) is 0 Å². The highest BCUT2D eigenvalue weighted by atomic mass is 32.1. The number of hydrogen-bond donors (Lipinski definition) is 1. The number of carbonyl (C=O) groups is 1. The molecule has 0 aliphatic heterocycles. The van der Waals surface area contributed by atoms with Crippen LogP contribution in [0, 0.1) is 0 Å². The van der Waals surface area contributed by atoms with Gasteiger partial charge in [0.25, 0.3) is 0 Å². The van der Waals surface area contributed by atoms with Crippen molar-refractivity contribution in [3.05, 3.63) is 45.9 Å². The Labute approximate surface area is 109 Å². The maximum Gasteiger partial charge on any atom is 0.337 e. The molecule has 0 saturated heterocycles. The molecule has 18 heavy (non-hydrogen) atoms. The molecule has 0 aliphatic carbocycles. The molecule has 1 N–H and O–H groups in total. The normalized spacial score (nSPS) is 10.3. The highest BCUT2D eigenvalue weighted by molar-refractivity contribution is 7.11. The lowest BCUT2D eigenvalue weighted by Crippen LogP contribution is -1.99. The second-order valence-electron chi connectivity index (χ2n) is 3.72. The van der Waals surface area contributed by atoms with Gasteiger partial charge in [0.05, 0.1) is 11.8 Å². The highest BCUT2D eigenvalue weighted by Crippen LogP contribution is 2.19. The Morgan fingerprint density at radius 1 is 1.39 bits per heavy atom. The van der Waals surface area contributed by atoms with Crippen molar-refractivity contribution in [2.24, 2.45) is 0 Å². The zero-order valence-electron chi connectivity index (χ0n) is 9.92. The summed E-state index contributed by atoms with van der Waals surface area (Å²) in [5.74, 6) is -0.529. The second kappa shape index (κ2) is 5.64. The van der Waals surface area contributed by atoms with Crippen LogP contribution in [0.2, 0.25) is 0 Å². The fourth-order valence-corrected chi connectivity index (χ4v) is 2.33. The van der Waals surface area contributed by atoms with Gasteiger partial charge in [-0.2, -0.15) is 0 Å². The SMILES string of the molecule is CCc1ccc(COc2cncc(C(=O)O)c2)s1. The van der Waals surface area contributed by atoms with Crippen molar-refractivity contribution in [3.63, 3.8) is 0 Å². The molecule has 0 bridgehead atoms. The van der Waals surface area contributed by atoms with E-state index in [0.717, 1.165) is 11.3 Å². The molecule has 0 spiro atoms. The first kappa shape index (κ1) is 12.6. The lowest BCUT2D eigenvalue weighted by molar-refractivity contribution is 0.0696. The summed E-state index contributed by atoms with van der Waals surface area (Å²) in [7, 11) is 0. The molecule has 0 saturated carbocycles. The predicted molar refractivity (Wildman–Crippen MR) is 69.2 cm³/mol. The fourth-order valence-electron chi connectivity index (χ4n) is 1.46. The number of thiophene rings is 1. The highest BCUT2D eigenvalue weighted by Gasteiger charge is 2.05. The van der Waals surface area contributed by atoms with E-state index in [1.54, 1.807) is 11.3 Å². The first-order valence-electron chi connectivity index (χ1n) is 5.57. The summed E-state index contributed by atoms with van der Waals surface area (Å²) < 4.78 is 5.53. The third-order valence-corrected chi connectivity index (χ3v) is 3.61. The molecule has 0 atom stereocenters. The quantitative estimate of drug-likeness (QED) is 0.901. The monoisotopic (exact) mass is 263 g/mol. The number of aromatic nitrogens is 1. The molecule has 0 unspecified atom stereocenters. The van der Waals surface area contributed by atoms with Crippen LogP contribution in [0.3, 0.4) is 0 Å². The number of carboxylic acid groups (broad SMARTS) is 1. The summed E-state index contributed by atoms with van der Waals surface area (Å²) in [6.07, 6.45) is 3.83. The van der Waals surface area contributed by atoms with E-state index in [0.29, 0.717) is 12.4 Å². The summed E-state index contributed by atoms with van der Waals surface area (Å²) in [5.41, 5.74) is 0.132. The van der Waals surface area contributed by atoms with E-state index >= 15 is 0 Å².